The first kappa shape index (κ1) is 45.8. The van der Waals surface area contributed by atoms with Crippen LogP contribution in [0, 0.1) is 3.80 Å². The third-order valence-corrected chi connectivity index (χ3v) is 17.0. The third kappa shape index (κ3) is 8.51. The summed E-state index contributed by atoms with van der Waals surface area (Å²) in [5.41, 5.74) is 17.3. The summed E-state index contributed by atoms with van der Waals surface area (Å²) >= 11 is 2.55. The molecule has 0 spiro atoms. The van der Waals surface area contributed by atoms with E-state index in [2.05, 4.69) is 266 Å². The van der Waals surface area contributed by atoms with Gasteiger partial charge in [0.15, 0.2) is 0 Å². The number of ether oxygens (including phenoxy) is 1. The first-order valence-electron chi connectivity index (χ1n) is 29.9. The molecule has 7 heteroatoms. The van der Waals surface area contributed by atoms with Crippen molar-refractivity contribution in [1.29, 1.82) is 0 Å². The van der Waals surface area contributed by atoms with Gasteiger partial charge in [0.25, 0.3) is 0 Å². The van der Waals surface area contributed by atoms with Crippen LogP contribution >= 0.6 is 0 Å². The SMILES string of the molecule is [2H]c1c([2H])c([2H])c2c(c1[2H])c1ccc(Oc3ccc4c(c3)n3[c](=[Pt])n(-c5c(-c6ccccc6)cccc5-c5ccccc5)c5cccc(c6ccccc6n4-c4c(-c6ccccc6)cccc4-c4ccccc4)c53)cc1n2-c1cc(C(C)(C)C)ccn1. The fourth-order valence-corrected chi connectivity index (χ4v) is 13.2. The molecule has 0 N–H and O–H groups in total. The van der Waals surface area contributed by atoms with E-state index in [0.717, 1.165) is 104 Å². The second-order valence-electron chi connectivity index (χ2n) is 21.9. The smallest absolute Gasteiger partial charge is 0.0561 e. The first-order valence-corrected chi connectivity index (χ1v) is 29.0. The summed E-state index contributed by atoms with van der Waals surface area (Å²) < 4.78 is 53.5. The Bertz CT molecular complexity index is 5240. The normalized spacial score (nSPS) is 12.5. The third-order valence-electron chi connectivity index (χ3n) is 16.0. The Morgan fingerprint density at radius 2 is 0.892 bits per heavy atom. The number of rotatable bonds is 9. The van der Waals surface area contributed by atoms with Crippen LogP contribution in [0.3, 0.4) is 0 Å². The van der Waals surface area contributed by atoms with Gasteiger partial charge < -0.3 is 0 Å². The van der Waals surface area contributed by atoms with E-state index in [1.54, 1.807) is 6.20 Å². The summed E-state index contributed by atoms with van der Waals surface area (Å²) in [7, 11) is 0. The molecule has 0 saturated heterocycles. The average molecular weight is 1250 g/mol. The number of imidazole rings is 1. The van der Waals surface area contributed by atoms with E-state index in [1.807, 2.05) is 41.0 Å². The molecule has 4 aromatic heterocycles. The topological polar surface area (TPSA) is 41.3 Å². The number of benzene rings is 11. The molecule has 0 bridgehead atoms. The summed E-state index contributed by atoms with van der Waals surface area (Å²) in [4.78, 5) is 4.87. The quantitative estimate of drug-likeness (QED) is 0.145. The standard InChI is InChI=1S/C76H55N5O.Pt/c1-76(2,3)55-45-46-77-72(47-55)80-66-38-18-16-31-62(66)64-43-41-56(48-70(64)80)82-57-42-44-68-71(49-57)79-50-78(73-58(51-23-8-4-9-24-51)33-20-34-59(73)52-25-10-5-11-26-52)69-40-22-37-65(75(69)79)63-32-17-19-39-67(63)81(68)74-60(53-27-12-6-13-28-53)35-21-36-61(74)54-29-14-7-15-30-54;/h4-49H,1-3H3;/i16D,18D,31D,38D;. The molecular weight excluding hydrogens is 1190 g/mol. The monoisotopic (exact) mass is 1250 g/mol. The predicted octanol–water partition coefficient (Wildman–Crippen LogP) is 19.9. The number of hydrogen-bond acceptors (Lipinski definition) is 2. The Morgan fingerprint density at radius 3 is 1.49 bits per heavy atom. The van der Waals surface area contributed by atoms with Crippen molar-refractivity contribution < 1.29 is 29.6 Å². The minimum atomic E-state index is -0.309. The molecule has 0 amide bonds. The molecule has 11 aromatic carbocycles. The zero-order valence-corrected chi connectivity index (χ0v) is 48.0. The van der Waals surface area contributed by atoms with Crippen LogP contribution in [0.1, 0.15) is 31.8 Å². The Kier molecular flexibility index (Phi) is 11.2. The molecular formula is C76H55N5OPt. The van der Waals surface area contributed by atoms with Crippen molar-refractivity contribution in [3.05, 3.63) is 288 Å². The molecule has 0 atom stereocenters. The molecule has 0 saturated carbocycles. The predicted molar refractivity (Wildman–Crippen MR) is 340 cm³/mol. The van der Waals surface area contributed by atoms with Gasteiger partial charge in [0.2, 0.25) is 0 Å². The molecule has 0 radical (unpaired) electrons. The summed E-state index contributed by atoms with van der Waals surface area (Å²) in [6, 6.07) is 86.6. The van der Waals surface area contributed by atoms with Gasteiger partial charge in [-0.05, 0) is 17.0 Å². The molecule has 6 nitrogen and oxygen atoms in total. The molecule has 15 aromatic rings. The summed E-state index contributed by atoms with van der Waals surface area (Å²) in [6.45, 7) is 6.43. The van der Waals surface area contributed by atoms with Crippen LogP contribution in [-0.2, 0) is 24.8 Å². The van der Waals surface area contributed by atoms with E-state index in [4.69, 9.17) is 12.5 Å². The first-order chi connectivity index (χ1) is 42.4. The van der Waals surface area contributed by atoms with Crippen LogP contribution in [0.5, 0.6) is 11.5 Å². The number of aromatic nitrogens is 5. The molecule has 15 rings (SSSR count). The maximum absolute atomic E-state index is 9.33. The number of pyridine rings is 1. The number of nitrogens with zero attached hydrogens (tertiary/aromatic N) is 5. The zero-order valence-electron chi connectivity index (χ0n) is 49.7. The Balaban J connectivity index is 1.08. The van der Waals surface area contributed by atoms with Gasteiger partial charge in [-0.15, -0.1) is 0 Å². The minimum absolute atomic E-state index is 0.111. The van der Waals surface area contributed by atoms with E-state index in [0.29, 0.717) is 39.1 Å². The van der Waals surface area contributed by atoms with Gasteiger partial charge in [-0.25, -0.2) is 0 Å². The summed E-state index contributed by atoms with van der Waals surface area (Å²) in [5, 5.41) is 3.18. The van der Waals surface area contributed by atoms with Crippen molar-refractivity contribution >= 4 is 60.2 Å². The Hall–Kier alpha value is -9.87. The van der Waals surface area contributed by atoms with Crippen LogP contribution in [0.4, 0.5) is 0 Å². The second kappa shape index (κ2) is 20.3. The van der Waals surface area contributed by atoms with Gasteiger partial charge >= 0.3 is 439 Å². The number of fused-ring (bicyclic) bond motifs is 7. The molecule has 0 aliphatic heterocycles. The van der Waals surface area contributed by atoms with Gasteiger partial charge in [0.05, 0.1) is 5.48 Å². The maximum atomic E-state index is 9.33. The summed E-state index contributed by atoms with van der Waals surface area (Å²) in [6.07, 6.45) is 1.77. The van der Waals surface area contributed by atoms with Crippen LogP contribution in [-0.4, -0.2) is 23.1 Å². The van der Waals surface area contributed by atoms with Gasteiger partial charge in [-0.1, -0.05) is 32.9 Å². The van der Waals surface area contributed by atoms with Gasteiger partial charge in [0, 0.05) is 6.20 Å². The van der Waals surface area contributed by atoms with E-state index >= 15 is 0 Å². The molecule has 0 unspecified atom stereocenters. The fourth-order valence-electron chi connectivity index (χ4n) is 12.2. The van der Waals surface area contributed by atoms with E-state index < -0.39 is 0 Å². The van der Waals surface area contributed by atoms with Crippen LogP contribution in [0.25, 0.3) is 122 Å². The van der Waals surface area contributed by atoms with Crippen LogP contribution < -0.4 is 4.74 Å². The molecule has 4 heterocycles. The van der Waals surface area contributed by atoms with Crippen LogP contribution in [0.2, 0.25) is 0 Å². The molecule has 0 aliphatic carbocycles. The fraction of sp³-hybridized carbons (Fsp3) is 0.0526. The van der Waals surface area contributed by atoms with Crippen molar-refractivity contribution in [3.8, 4) is 73.2 Å². The van der Waals surface area contributed by atoms with Crippen molar-refractivity contribution in [2.24, 2.45) is 0 Å². The molecule has 400 valence electrons. The van der Waals surface area contributed by atoms with Gasteiger partial charge in [0.1, 0.15) is 0 Å². The second-order valence-corrected chi connectivity index (χ2v) is 23.0. The van der Waals surface area contributed by atoms with E-state index in [9.17, 15) is 2.74 Å². The zero-order chi connectivity index (χ0) is 59.2. The van der Waals surface area contributed by atoms with Crippen molar-refractivity contribution in [2.45, 2.75) is 26.2 Å². The van der Waals surface area contributed by atoms with Gasteiger partial charge in [-0.3, -0.25) is 0 Å². The number of hydrogen-bond donors (Lipinski definition) is 0. The van der Waals surface area contributed by atoms with E-state index in [1.165, 1.54) is 0 Å². The average Bonchev–Trinajstić information content (AvgIpc) is 1.64. The van der Waals surface area contributed by atoms with Crippen molar-refractivity contribution in [2.75, 3.05) is 0 Å². The van der Waals surface area contributed by atoms with E-state index in [-0.39, 0.29) is 29.6 Å². The van der Waals surface area contributed by atoms with Crippen molar-refractivity contribution in [3.63, 3.8) is 0 Å². The molecule has 0 aliphatic rings. The Labute approximate surface area is 497 Å². The Morgan fingerprint density at radius 1 is 0.398 bits per heavy atom. The number of para-hydroxylation sites is 5. The summed E-state index contributed by atoms with van der Waals surface area (Å²) in [5.74, 6) is 1.62. The molecule has 83 heavy (non-hydrogen) atoms. The minimum Gasteiger partial charge on any atom is -0.0561 e. The van der Waals surface area contributed by atoms with Gasteiger partial charge in [-0.2, -0.15) is 0 Å². The van der Waals surface area contributed by atoms with Crippen molar-refractivity contribution in [1.82, 2.24) is 23.1 Å². The van der Waals surface area contributed by atoms with Crippen LogP contribution in [0.15, 0.2) is 279 Å². The molecule has 0 fully saturated rings.